The highest BCUT2D eigenvalue weighted by molar-refractivity contribution is 7.11. The summed E-state index contributed by atoms with van der Waals surface area (Å²) in [6, 6.07) is 8.17. The van der Waals surface area contributed by atoms with Gasteiger partial charge in [0.2, 0.25) is 0 Å². The number of guanidine groups is 1. The Morgan fingerprint density at radius 1 is 1.52 bits per heavy atom. The number of nitrogens with two attached hydrogens (primary N) is 1. The zero-order chi connectivity index (χ0) is 14.7. The van der Waals surface area contributed by atoms with Crippen molar-refractivity contribution in [2.45, 2.75) is 25.9 Å². The lowest BCUT2D eigenvalue weighted by Crippen LogP contribution is -2.37. The number of rotatable bonds is 3. The van der Waals surface area contributed by atoms with Gasteiger partial charge in [-0.3, -0.25) is 0 Å². The third-order valence-corrected chi connectivity index (χ3v) is 4.23. The van der Waals surface area contributed by atoms with Gasteiger partial charge < -0.3 is 15.8 Å². The van der Waals surface area contributed by atoms with Crippen LogP contribution in [0.5, 0.6) is 5.75 Å². The van der Waals surface area contributed by atoms with Crippen molar-refractivity contribution in [2.75, 3.05) is 6.61 Å². The summed E-state index contributed by atoms with van der Waals surface area (Å²) in [6.07, 6.45) is 2.73. The molecule has 1 atom stereocenters. The number of ether oxygens (including phenoxy) is 1. The van der Waals surface area contributed by atoms with Crippen LogP contribution in [-0.2, 0) is 6.54 Å². The van der Waals surface area contributed by atoms with E-state index in [4.69, 9.17) is 10.5 Å². The molecule has 0 spiro atoms. The van der Waals surface area contributed by atoms with E-state index in [0.29, 0.717) is 19.1 Å². The number of nitrogens with one attached hydrogen (secondary N) is 1. The predicted molar refractivity (Wildman–Crippen MR) is 84.6 cm³/mol. The number of thiazole rings is 1. The van der Waals surface area contributed by atoms with Crippen LogP contribution in [-0.4, -0.2) is 17.6 Å². The largest absolute Gasteiger partial charge is 0.493 e. The average molecular weight is 302 g/mol. The van der Waals surface area contributed by atoms with Crippen LogP contribution in [0.15, 0.2) is 35.5 Å². The Balaban J connectivity index is 1.66. The molecule has 0 aliphatic carbocycles. The number of hydrogen-bond donors (Lipinski definition) is 2. The standard InChI is InChI=1S/C15H18N4OS/c1-10-8-17-14(21-10)9-18-15(16)19-12-6-7-20-13-5-3-2-4-11(12)13/h2-5,8,12H,6-7,9H2,1H3,(H3,16,18,19). The van der Waals surface area contributed by atoms with Gasteiger partial charge in [0.15, 0.2) is 5.96 Å². The summed E-state index contributed by atoms with van der Waals surface area (Å²) < 4.78 is 5.64. The molecule has 0 bridgehead atoms. The van der Waals surface area contributed by atoms with Gasteiger partial charge in [0.1, 0.15) is 10.8 Å². The Morgan fingerprint density at radius 2 is 2.38 bits per heavy atom. The van der Waals surface area contributed by atoms with Crippen molar-refractivity contribution in [3.63, 3.8) is 0 Å². The highest BCUT2D eigenvalue weighted by Crippen LogP contribution is 2.31. The van der Waals surface area contributed by atoms with E-state index >= 15 is 0 Å². The molecule has 1 aromatic carbocycles. The number of fused-ring (bicyclic) bond motifs is 1. The van der Waals surface area contributed by atoms with Gasteiger partial charge >= 0.3 is 0 Å². The molecule has 3 N–H and O–H groups in total. The predicted octanol–water partition coefficient (Wildman–Crippen LogP) is 2.38. The van der Waals surface area contributed by atoms with Crippen molar-refractivity contribution in [2.24, 2.45) is 10.7 Å². The number of aromatic nitrogens is 1. The molecular formula is C15H18N4OS. The zero-order valence-corrected chi connectivity index (χ0v) is 12.7. The molecule has 3 rings (SSSR count). The normalized spacial score (nSPS) is 18.0. The summed E-state index contributed by atoms with van der Waals surface area (Å²) in [6.45, 7) is 3.24. The molecule has 0 fully saturated rings. The summed E-state index contributed by atoms with van der Waals surface area (Å²) in [5, 5.41) is 4.25. The number of hydrogen-bond acceptors (Lipinski definition) is 4. The molecular weight excluding hydrogens is 284 g/mol. The fraction of sp³-hybridized carbons (Fsp3) is 0.333. The monoisotopic (exact) mass is 302 g/mol. The van der Waals surface area contributed by atoms with Gasteiger partial charge in [-0.1, -0.05) is 18.2 Å². The smallest absolute Gasteiger partial charge is 0.189 e. The number of benzene rings is 1. The van der Waals surface area contributed by atoms with Gasteiger partial charge in [-0.2, -0.15) is 0 Å². The molecule has 5 nitrogen and oxygen atoms in total. The molecule has 0 amide bonds. The van der Waals surface area contributed by atoms with E-state index in [1.807, 2.05) is 31.3 Å². The van der Waals surface area contributed by atoms with Crippen molar-refractivity contribution in [1.29, 1.82) is 0 Å². The fourth-order valence-electron chi connectivity index (χ4n) is 2.34. The third kappa shape index (κ3) is 3.33. The van der Waals surface area contributed by atoms with Gasteiger partial charge in [0.05, 0.1) is 19.2 Å². The minimum atomic E-state index is 0.150. The van der Waals surface area contributed by atoms with Crippen molar-refractivity contribution in [3.05, 3.63) is 45.9 Å². The van der Waals surface area contributed by atoms with E-state index in [2.05, 4.69) is 21.4 Å². The van der Waals surface area contributed by atoms with Crippen LogP contribution in [0.4, 0.5) is 0 Å². The van der Waals surface area contributed by atoms with Gasteiger partial charge in [0.25, 0.3) is 0 Å². The second-order valence-corrected chi connectivity index (χ2v) is 6.26. The Morgan fingerprint density at radius 3 is 3.19 bits per heavy atom. The van der Waals surface area contributed by atoms with E-state index in [-0.39, 0.29) is 6.04 Å². The summed E-state index contributed by atoms with van der Waals surface area (Å²) >= 11 is 1.64. The number of aryl methyl sites for hydroxylation is 1. The van der Waals surface area contributed by atoms with Gasteiger partial charge in [-0.25, -0.2) is 9.98 Å². The van der Waals surface area contributed by atoms with Crippen LogP contribution in [0.2, 0.25) is 0 Å². The highest BCUT2D eigenvalue weighted by Gasteiger charge is 2.21. The van der Waals surface area contributed by atoms with Gasteiger partial charge in [0, 0.05) is 23.1 Å². The van der Waals surface area contributed by atoms with E-state index in [0.717, 1.165) is 22.7 Å². The lowest BCUT2D eigenvalue weighted by atomic mass is 10.0. The Labute approximate surface area is 127 Å². The molecule has 1 aliphatic rings. The van der Waals surface area contributed by atoms with Crippen molar-refractivity contribution in [1.82, 2.24) is 10.3 Å². The summed E-state index contributed by atoms with van der Waals surface area (Å²) in [5.41, 5.74) is 7.12. The molecule has 1 aliphatic heterocycles. The van der Waals surface area contributed by atoms with Gasteiger partial charge in [-0.05, 0) is 13.0 Å². The lowest BCUT2D eigenvalue weighted by Gasteiger charge is -2.26. The zero-order valence-electron chi connectivity index (χ0n) is 11.9. The second-order valence-electron chi connectivity index (χ2n) is 4.94. The number of aliphatic imine (C=N–C) groups is 1. The molecule has 0 saturated carbocycles. The quantitative estimate of drug-likeness (QED) is 0.674. The van der Waals surface area contributed by atoms with Crippen molar-refractivity contribution < 1.29 is 4.74 Å². The maximum absolute atomic E-state index is 5.99. The van der Waals surface area contributed by atoms with Crippen molar-refractivity contribution >= 4 is 17.3 Å². The van der Waals surface area contributed by atoms with Crippen molar-refractivity contribution in [3.8, 4) is 5.75 Å². The molecule has 2 aromatic rings. The Kier molecular flexibility index (Phi) is 4.06. The Bertz CT molecular complexity index is 653. The summed E-state index contributed by atoms with van der Waals surface area (Å²) in [5.74, 6) is 1.37. The first-order chi connectivity index (χ1) is 10.2. The number of para-hydroxylation sites is 1. The second kappa shape index (κ2) is 6.13. The SMILES string of the molecule is Cc1cnc(CN=C(N)NC2CCOc3ccccc32)s1. The average Bonchev–Trinajstić information content (AvgIpc) is 2.91. The summed E-state index contributed by atoms with van der Waals surface area (Å²) in [7, 11) is 0. The van der Waals surface area contributed by atoms with Crippen LogP contribution in [0, 0.1) is 6.92 Å². The molecule has 0 saturated heterocycles. The first kappa shape index (κ1) is 13.9. The topological polar surface area (TPSA) is 72.5 Å². The molecule has 110 valence electrons. The van der Waals surface area contributed by atoms with E-state index in [9.17, 15) is 0 Å². The van der Waals surface area contributed by atoms with Crippen LogP contribution < -0.4 is 15.8 Å². The Hall–Kier alpha value is -2.08. The van der Waals surface area contributed by atoms with Crippen LogP contribution in [0.3, 0.4) is 0 Å². The first-order valence-corrected chi connectivity index (χ1v) is 7.73. The van der Waals surface area contributed by atoms with E-state index < -0.39 is 0 Å². The third-order valence-electron chi connectivity index (χ3n) is 3.33. The number of nitrogens with zero attached hydrogens (tertiary/aromatic N) is 2. The molecule has 0 radical (unpaired) electrons. The van der Waals surface area contributed by atoms with Crippen LogP contribution >= 0.6 is 11.3 Å². The maximum Gasteiger partial charge on any atom is 0.189 e. The molecule has 6 heteroatoms. The van der Waals surface area contributed by atoms with Crippen LogP contribution in [0.1, 0.15) is 27.9 Å². The first-order valence-electron chi connectivity index (χ1n) is 6.92. The van der Waals surface area contributed by atoms with Gasteiger partial charge in [-0.15, -0.1) is 11.3 Å². The highest BCUT2D eigenvalue weighted by atomic mass is 32.1. The lowest BCUT2D eigenvalue weighted by molar-refractivity contribution is 0.262. The fourth-order valence-corrected chi connectivity index (χ4v) is 3.06. The molecule has 2 heterocycles. The summed E-state index contributed by atoms with van der Waals surface area (Å²) in [4.78, 5) is 9.83. The maximum atomic E-state index is 5.99. The molecule has 21 heavy (non-hydrogen) atoms. The molecule has 1 aromatic heterocycles. The van der Waals surface area contributed by atoms with E-state index in [1.54, 1.807) is 11.3 Å². The van der Waals surface area contributed by atoms with Crippen LogP contribution in [0.25, 0.3) is 0 Å². The van der Waals surface area contributed by atoms with E-state index in [1.165, 1.54) is 4.88 Å². The minimum Gasteiger partial charge on any atom is -0.493 e. The molecule has 1 unspecified atom stereocenters. The minimum absolute atomic E-state index is 0.150.